The second kappa shape index (κ2) is 5.14. The van der Waals surface area contributed by atoms with Crippen molar-refractivity contribution in [2.75, 3.05) is 5.75 Å². The number of aliphatic hydroxyl groups is 1. The van der Waals surface area contributed by atoms with Gasteiger partial charge in [-0.15, -0.1) is 11.3 Å². The Morgan fingerprint density at radius 3 is 2.79 bits per heavy atom. The van der Waals surface area contributed by atoms with E-state index in [0.29, 0.717) is 0 Å². The van der Waals surface area contributed by atoms with Gasteiger partial charge in [0.25, 0.3) is 0 Å². The monoisotopic (exact) mass is 231 g/mol. The van der Waals surface area contributed by atoms with Gasteiger partial charge in [0.05, 0.1) is 11.6 Å². The van der Waals surface area contributed by atoms with E-state index >= 15 is 0 Å². The van der Waals surface area contributed by atoms with Crippen LogP contribution in [0, 0.1) is 0 Å². The van der Waals surface area contributed by atoms with E-state index in [1.165, 1.54) is 0 Å². The smallest absolute Gasteiger partial charge is 0.0794 e. The van der Waals surface area contributed by atoms with Crippen LogP contribution in [-0.2, 0) is 6.42 Å². The number of thiazole rings is 1. The number of hydrogen-bond donors (Lipinski definition) is 1. The maximum absolute atomic E-state index is 9.74. The van der Waals surface area contributed by atoms with Crippen LogP contribution in [0.1, 0.15) is 25.6 Å². The minimum atomic E-state index is -0.250. The van der Waals surface area contributed by atoms with Crippen molar-refractivity contribution in [3.05, 3.63) is 16.6 Å². The number of nitrogens with zero attached hydrogens (tertiary/aromatic N) is 1. The molecule has 0 saturated heterocycles. The van der Waals surface area contributed by atoms with Gasteiger partial charge in [-0.05, 0) is 0 Å². The first kappa shape index (κ1) is 12.0. The van der Waals surface area contributed by atoms with Gasteiger partial charge in [0.1, 0.15) is 0 Å². The second-order valence-electron chi connectivity index (χ2n) is 4.25. The highest BCUT2D eigenvalue weighted by Gasteiger charge is 2.14. The highest BCUT2D eigenvalue weighted by atomic mass is 32.2. The molecule has 1 N–H and O–H groups in total. The third kappa shape index (κ3) is 4.98. The van der Waals surface area contributed by atoms with Crippen LogP contribution in [0.5, 0.6) is 0 Å². The third-order valence-corrected chi connectivity index (χ3v) is 3.85. The Kier molecular flexibility index (Phi) is 4.41. The molecule has 0 aromatic carbocycles. The molecule has 0 amide bonds. The molecule has 0 spiro atoms. The lowest BCUT2D eigenvalue weighted by molar-refractivity contribution is 0.200. The second-order valence-corrected chi connectivity index (χ2v) is 7.07. The minimum Gasteiger partial charge on any atom is -0.392 e. The fraction of sp³-hybridized carbons (Fsp3) is 0.700. The lowest BCUT2D eigenvalue weighted by Gasteiger charge is -2.19. The van der Waals surface area contributed by atoms with Gasteiger partial charge in [-0.3, -0.25) is 4.98 Å². The predicted molar refractivity (Wildman–Crippen MR) is 64.0 cm³/mol. The first-order valence-corrected chi connectivity index (χ1v) is 6.53. The molecule has 1 unspecified atom stereocenters. The zero-order chi connectivity index (χ0) is 10.6. The minimum absolute atomic E-state index is 0.231. The Morgan fingerprint density at radius 2 is 2.29 bits per heavy atom. The van der Waals surface area contributed by atoms with Crippen LogP contribution in [-0.4, -0.2) is 26.7 Å². The van der Waals surface area contributed by atoms with Gasteiger partial charge in [-0.1, -0.05) is 20.8 Å². The van der Waals surface area contributed by atoms with Crippen molar-refractivity contribution in [2.45, 2.75) is 38.0 Å². The fourth-order valence-corrected chi connectivity index (χ4v) is 2.46. The maximum Gasteiger partial charge on any atom is 0.0794 e. The third-order valence-electron chi connectivity index (χ3n) is 1.63. The molecule has 1 heterocycles. The number of aliphatic hydroxyl groups excluding tert-OH is 1. The molecule has 80 valence electrons. The van der Waals surface area contributed by atoms with E-state index < -0.39 is 0 Å². The standard InChI is InChI=1S/C10H17NOS2/c1-10(2,3)14-6-8(12)4-9-5-11-7-13-9/h5,7-8,12H,4,6H2,1-3H3. The van der Waals surface area contributed by atoms with E-state index in [-0.39, 0.29) is 10.9 Å². The van der Waals surface area contributed by atoms with Crippen molar-refractivity contribution < 1.29 is 5.11 Å². The van der Waals surface area contributed by atoms with E-state index in [1.807, 2.05) is 6.20 Å². The van der Waals surface area contributed by atoms with Gasteiger partial charge >= 0.3 is 0 Å². The summed E-state index contributed by atoms with van der Waals surface area (Å²) < 4.78 is 0.231. The molecule has 0 aliphatic carbocycles. The van der Waals surface area contributed by atoms with Crippen LogP contribution in [0.25, 0.3) is 0 Å². The van der Waals surface area contributed by atoms with E-state index in [9.17, 15) is 5.11 Å². The Hall–Kier alpha value is -0.0600. The number of aromatic nitrogens is 1. The average Bonchev–Trinajstić information content (AvgIpc) is 2.52. The lowest BCUT2D eigenvalue weighted by atomic mass is 10.2. The summed E-state index contributed by atoms with van der Waals surface area (Å²) in [6.45, 7) is 6.49. The molecule has 1 aromatic heterocycles. The molecule has 2 nitrogen and oxygen atoms in total. The van der Waals surface area contributed by atoms with Crippen molar-refractivity contribution in [1.82, 2.24) is 4.98 Å². The summed E-state index contributed by atoms with van der Waals surface area (Å²) in [5.74, 6) is 0.793. The molecular formula is C10H17NOS2. The van der Waals surface area contributed by atoms with E-state index in [2.05, 4.69) is 25.8 Å². The maximum atomic E-state index is 9.74. The molecule has 1 aromatic rings. The summed E-state index contributed by atoms with van der Waals surface area (Å²) in [6, 6.07) is 0. The van der Waals surface area contributed by atoms with Gasteiger partial charge in [0.15, 0.2) is 0 Å². The first-order valence-electron chi connectivity index (χ1n) is 4.67. The van der Waals surface area contributed by atoms with Crippen molar-refractivity contribution in [3.63, 3.8) is 0 Å². The summed E-state index contributed by atoms with van der Waals surface area (Å²) in [5, 5.41) is 9.74. The molecule has 4 heteroatoms. The Morgan fingerprint density at radius 1 is 1.57 bits per heavy atom. The van der Waals surface area contributed by atoms with E-state index in [0.717, 1.165) is 17.1 Å². The predicted octanol–water partition coefficient (Wildman–Crippen LogP) is 2.58. The van der Waals surface area contributed by atoms with Crippen LogP contribution < -0.4 is 0 Å². The van der Waals surface area contributed by atoms with Gasteiger partial charge < -0.3 is 5.11 Å². The summed E-state index contributed by atoms with van der Waals surface area (Å²) in [5.41, 5.74) is 1.80. The molecule has 0 aliphatic heterocycles. The van der Waals surface area contributed by atoms with E-state index in [1.54, 1.807) is 28.6 Å². The zero-order valence-corrected chi connectivity index (χ0v) is 10.5. The van der Waals surface area contributed by atoms with Crippen LogP contribution >= 0.6 is 23.1 Å². The molecule has 1 rings (SSSR count). The van der Waals surface area contributed by atoms with Crippen molar-refractivity contribution in [1.29, 1.82) is 0 Å². The normalized spacial score (nSPS) is 14.3. The number of thioether (sulfide) groups is 1. The zero-order valence-electron chi connectivity index (χ0n) is 8.86. The topological polar surface area (TPSA) is 33.1 Å². The van der Waals surface area contributed by atoms with Gasteiger partial charge in [0.2, 0.25) is 0 Å². The lowest BCUT2D eigenvalue weighted by Crippen LogP contribution is -2.18. The van der Waals surface area contributed by atoms with Crippen molar-refractivity contribution in [3.8, 4) is 0 Å². The molecular weight excluding hydrogens is 214 g/mol. The van der Waals surface area contributed by atoms with Gasteiger partial charge in [-0.2, -0.15) is 11.8 Å². The van der Waals surface area contributed by atoms with Crippen molar-refractivity contribution in [2.24, 2.45) is 0 Å². The summed E-state index contributed by atoms with van der Waals surface area (Å²) in [4.78, 5) is 5.14. The van der Waals surface area contributed by atoms with Gasteiger partial charge in [-0.25, -0.2) is 0 Å². The molecule has 0 aliphatic rings. The van der Waals surface area contributed by atoms with Crippen molar-refractivity contribution >= 4 is 23.1 Å². The van der Waals surface area contributed by atoms with Crippen LogP contribution in [0.2, 0.25) is 0 Å². The van der Waals surface area contributed by atoms with E-state index in [4.69, 9.17) is 0 Å². The number of hydrogen-bond acceptors (Lipinski definition) is 4. The van der Waals surface area contributed by atoms with Crippen LogP contribution in [0.3, 0.4) is 0 Å². The Bertz CT molecular complexity index is 254. The molecule has 0 saturated carbocycles. The summed E-state index contributed by atoms with van der Waals surface area (Å²) >= 11 is 3.40. The van der Waals surface area contributed by atoms with Crippen LogP contribution in [0.15, 0.2) is 11.7 Å². The quantitative estimate of drug-likeness (QED) is 0.864. The summed E-state index contributed by atoms with van der Waals surface area (Å²) in [6.07, 6.45) is 2.31. The average molecular weight is 231 g/mol. The molecule has 1 atom stereocenters. The SMILES string of the molecule is CC(C)(C)SCC(O)Cc1cncs1. The highest BCUT2D eigenvalue weighted by Crippen LogP contribution is 2.24. The Balaban J connectivity index is 2.26. The first-order chi connectivity index (χ1) is 6.47. The largest absolute Gasteiger partial charge is 0.392 e. The molecule has 14 heavy (non-hydrogen) atoms. The summed E-state index contributed by atoms with van der Waals surface area (Å²) in [7, 11) is 0. The van der Waals surface area contributed by atoms with Crippen LogP contribution in [0.4, 0.5) is 0 Å². The molecule has 0 fully saturated rings. The molecule has 0 radical (unpaired) electrons. The fourth-order valence-electron chi connectivity index (χ4n) is 0.980. The number of rotatable bonds is 4. The highest BCUT2D eigenvalue weighted by molar-refractivity contribution is 8.00. The molecule has 0 bridgehead atoms. The Labute approximate surface area is 93.8 Å². The van der Waals surface area contributed by atoms with Gasteiger partial charge in [0, 0.05) is 28.0 Å².